The van der Waals surface area contributed by atoms with Crippen molar-refractivity contribution in [1.29, 1.82) is 5.41 Å². The molecule has 0 aromatic carbocycles. The van der Waals surface area contributed by atoms with Crippen LogP contribution >= 0.6 is 44.7 Å². The highest BCUT2D eigenvalue weighted by atomic mass is 79.9. The Morgan fingerprint density at radius 3 is 2.36 bits per heavy atom. The van der Waals surface area contributed by atoms with E-state index in [1.807, 2.05) is 0 Å². The van der Waals surface area contributed by atoms with Gasteiger partial charge in [-0.2, -0.15) is 8.73 Å². The van der Waals surface area contributed by atoms with Crippen molar-refractivity contribution in [3.8, 4) is 0 Å². The van der Waals surface area contributed by atoms with Crippen molar-refractivity contribution in [2.24, 2.45) is 13.1 Å². The van der Waals surface area contributed by atoms with Gasteiger partial charge in [-0.25, -0.2) is 4.40 Å². The van der Waals surface area contributed by atoms with Gasteiger partial charge in [0.15, 0.2) is 0 Å². The molecular formula is C6H2Br2N4S2. The molecule has 0 aromatic heterocycles. The maximum Gasteiger partial charge on any atom is 0.122 e. The molecule has 0 amide bonds. The molecule has 0 saturated carbocycles. The molecule has 1 N–H and O–H groups in total. The third kappa shape index (κ3) is 1.40. The minimum atomic E-state index is 0.257. The van der Waals surface area contributed by atoms with Gasteiger partial charge in [0.25, 0.3) is 0 Å². The van der Waals surface area contributed by atoms with Crippen LogP contribution in [0.15, 0.2) is 33.5 Å². The van der Waals surface area contributed by atoms with Gasteiger partial charge < -0.3 is 0 Å². The Hall–Kier alpha value is -0.0500. The standard InChI is InChI=1S/C6H2Br2N4S2/c7-1-3(9)4(10-13)2(8)6-5(1)11-14-12-6/h9,13H/b9-3?,10-4-. The van der Waals surface area contributed by atoms with Crippen molar-refractivity contribution in [3.05, 3.63) is 20.4 Å². The van der Waals surface area contributed by atoms with Crippen LogP contribution in [0.1, 0.15) is 0 Å². The van der Waals surface area contributed by atoms with E-state index in [0.717, 1.165) is 11.4 Å². The highest BCUT2D eigenvalue weighted by molar-refractivity contribution is 9.12. The summed E-state index contributed by atoms with van der Waals surface area (Å²) in [5, 5.41) is 7.77. The van der Waals surface area contributed by atoms with E-state index in [9.17, 15) is 0 Å². The highest BCUT2D eigenvalue weighted by Crippen LogP contribution is 2.36. The summed E-state index contributed by atoms with van der Waals surface area (Å²) in [7, 11) is 0. The number of fused-ring (bicyclic) bond motifs is 1. The number of hydrogen-bond donors (Lipinski definition) is 2. The first kappa shape index (κ1) is 10.5. The van der Waals surface area contributed by atoms with Crippen LogP contribution in [-0.4, -0.2) is 11.4 Å². The lowest BCUT2D eigenvalue weighted by molar-refractivity contribution is 1.30. The van der Waals surface area contributed by atoms with E-state index in [4.69, 9.17) is 5.41 Å². The second-order valence-electron chi connectivity index (χ2n) is 2.41. The van der Waals surface area contributed by atoms with E-state index in [1.54, 1.807) is 0 Å². The molecule has 4 nitrogen and oxygen atoms in total. The highest BCUT2D eigenvalue weighted by Gasteiger charge is 2.30. The molecule has 0 aromatic rings. The second-order valence-corrected chi connectivity index (χ2v) is 4.73. The Balaban J connectivity index is 2.72. The van der Waals surface area contributed by atoms with Crippen molar-refractivity contribution >= 4 is 67.5 Å². The molecule has 0 radical (unpaired) electrons. The van der Waals surface area contributed by atoms with Gasteiger partial charge in [0.1, 0.15) is 17.1 Å². The molecule has 1 aliphatic heterocycles. The number of rotatable bonds is 0. The number of nitrogens with zero attached hydrogens (tertiary/aromatic N) is 3. The smallest absolute Gasteiger partial charge is 0.122 e. The molecule has 0 saturated heterocycles. The molecule has 72 valence electrons. The lowest BCUT2D eigenvalue weighted by atomic mass is 10.1. The zero-order chi connectivity index (χ0) is 10.3. The summed E-state index contributed by atoms with van der Waals surface area (Å²) >= 11 is 11.5. The van der Waals surface area contributed by atoms with Crippen LogP contribution in [0.2, 0.25) is 0 Å². The number of allylic oxidation sites excluding steroid dienone is 2. The van der Waals surface area contributed by atoms with Gasteiger partial charge >= 0.3 is 0 Å². The molecule has 8 heteroatoms. The molecule has 0 fully saturated rings. The fourth-order valence-electron chi connectivity index (χ4n) is 1.01. The van der Waals surface area contributed by atoms with Crippen LogP contribution < -0.4 is 0 Å². The Labute approximate surface area is 106 Å². The van der Waals surface area contributed by atoms with E-state index in [0.29, 0.717) is 26.1 Å². The van der Waals surface area contributed by atoms with E-state index in [-0.39, 0.29) is 5.71 Å². The zero-order valence-corrected chi connectivity index (χ0v) is 11.3. The van der Waals surface area contributed by atoms with Crippen LogP contribution in [0.3, 0.4) is 0 Å². The third-order valence-corrected chi connectivity index (χ3v) is 3.92. The molecule has 0 atom stereocenters. The average Bonchev–Trinajstić information content (AvgIpc) is 2.64. The van der Waals surface area contributed by atoms with Gasteiger partial charge in [-0.3, -0.25) is 5.41 Å². The van der Waals surface area contributed by atoms with E-state index < -0.39 is 0 Å². The average molecular weight is 354 g/mol. The van der Waals surface area contributed by atoms with Crippen molar-refractivity contribution in [2.75, 3.05) is 0 Å². The van der Waals surface area contributed by atoms with Gasteiger partial charge in [0, 0.05) is 0 Å². The van der Waals surface area contributed by atoms with Gasteiger partial charge in [-0.15, -0.1) is 0 Å². The Bertz CT molecular complexity index is 496. The number of hydrogen-bond acceptors (Lipinski definition) is 5. The Kier molecular flexibility index (Phi) is 2.87. The predicted octanol–water partition coefficient (Wildman–Crippen LogP) is 2.98. The topological polar surface area (TPSA) is 60.9 Å². The SMILES string of the molecule is N=C1C(Br)=C2N=S=NC2=C(Br)/C1=N/S. The van der Waals surface area contributed by atoms with Crippen LogP contribution in [-0.2, 0) is 11.4 Å². The molecule has 0 spiro atoms. The van der Waals surface area contributed by atoms with E-state index in [2.05, 4.69) is 57.8 Å². The summed E-state index contributed by atoms with van der Waals surface area (Å²) in [5.41, 5.74) is 2.09. The first-order valence-corrected chi connectivity index (χ1v) is 6.08. The zero-order valence-electron chi connectivity index (χ0n) is 6.45. The summed E-state index contributed by atoms with van der Waals surface area (Å²) in [6.45, 7) is 0. The van der Waals surface area contributed by atoms with Crippen LogP contribution in [0.25, 0.3) is 0 Å². The summed E-state index contributed by atoms with van der Waals surface area (Å²) < 4.78 is 13.2. The van der Waals surface area contributed by atoms with Crippen molar-refractivity contribution in [3.63, 3.8) is 0 Å². The monoisotopic (exact) mass is 352 g/mol. The third-order valence-electron chi connectivity index (χ3n) is 1.67. The Morgan fingerprint density at radius 2 is 1.79 bits per heavy atom. The molecular weight excluding hydrogens is 352 g/mol. The van der Waals surface area contributed by atoms with Gasteiger partial charge in [0.05, 0.1) is 26.0 Å². The largest absolute Gasteiger partial charge is 0.297 e. The maximum atomic E-state index is 7.77. The van der Waals surface area contributed by atoms with Crippen LogP contribution in [0.4, 0.5) is 0 Å². The minimum Gasteiger partial charge on any atom is -0.297 e. The fraction of sp³-hybridized carbons (Fsp3) is 0. The quantitative estimate of drug-likeness (QED) is 0.497. The minimum absolute atomic E-state index is 0.257. The predicted molar refractivity (Wildman–Crippen MR) is 68.3 cm³/mol. The molecule has 2 aliphatic rings. The van der Waals surface area contributed by atoms with Crippen molar-refractivity contribution in [2.45, 2.75) is 0 Å². The molecule has 1 aliphatic carbocycles. The van der Waals surface area contributed by atoms with Crippen LogP contribution in [0, 0.1) is 5.41 Å². The molecule has 2 rings (SSSR count). The molecule has 0 bridgehead atoms. The fourth-order valence-corrected chi connectivity index (χ4v) is 3.17. The Morgan fingerprint density at radius 1 is 1.21 bits per heavy atom. The normalized spacial score (nSPS) is 23.4. The number of thiol groups is 1. The lowest BCUT2D eigenvalue weighted by Gasteiger charge is -2.14. The van der Waals surface area contributed by atoms with Crippen molar-refractivity contribution in [1.82, 2.24) is 0 Å². The maximum absolute atomic E-state index is 7.77. The molecule has 0 unspecified atom stereocenters. The van der Waals surface area contributed by atoms with Gasteiger partial charge in [-0.05, 0) is 44.7 Å². The van der Waals surface area contributed by atoms with Gasteiger partial charge in [-0.1, -0.05) is 0 Å². The summed E-state index contributed by atoms with van der Waals surface area (Å²) in [4.78, 5) is 0. The van der Waals surface area contributed by atoms with E-state index >= 15 is 0 Å². The second kappa shape index (κ2) is 3.84. The van der Waals surface area contributed by atoms with E-state index in [1.165, 1.54) is 0 Å². The van der Waals surface area contributed by atoms with Crippen LogP contribution in [0.5, 0.6) is 0 Å². The first-order valence-electron chi connectivity index (χ1n) is 3.36. The first-order chi connectivity index (χ1) is 6.66. The summed E-state index contributed by atoms with van der Waals surface area (Å²) in [6.07, 6.45) is 0. The summed E-state index contributed by atoms with van der Waals surface area (Å²) in [6, 6.07) is 0. The summed E-state index contributed by atoms with van der Waals surface area (Å²) in [5.74, 6) is 0. The molecule has 14 heavy (non-hydrogen) atoms. The number of halogens is 2. The van der Waals surface area contributed by atoms with Gasteiger partial charge in [0.2, 0.25) is 0 Å². The lowest BCUT2D eigenvalue weighted by Crippen LogP contribution is -2.19. The number of nitrogens with one attached hydrogen (secondary N) is 1. The molecule has 1 heterocycles. The van der Waals surface area contributed by atoms with Crippen molar-refractivity contribution < 1.29 is 0 Å².